The van der Waals surface area contributed by atoms with Gasteiger partial charge in [0, 0.05) is 32.7 Å². The molecule has 1 aromatic rings. The third kappa shape index (κ3) is 3.82. The van der Waals surface area contributed by atoms with E-state index in [2.05, 4.69) is 16.3 Å². The van der Waals surface area contributed by atoms with E-state index in [0.717, 1.165) is 24.5 Å². The van der Waals surface area contributed by atoms with Gasteiger partial charge < -0.3 is 9.47 Å². The molecule has 0 amide bonds. The average molecular weight is 332 g/mol. The zero-order chi connectivity index (χ0) is 14.9. The van der Waals surface area contributed by atoms with Crippen LogP contribution in [0.5, 0.6) is 0 Å². The summed E-state index contributed by atoms with van der Waals surface area (Å²) in [5.41, 5.74) is 1.24. The lowest BCUT2D eigenvalue weighted by Crippen LogP contribution is -2.47. The van der Waals surface area contributed by atoms with Crippen LogP contribution in [0.3, 0.4) is 0 Å². The Bertz CT molecular complexity index is 573. The van der Waals surface area contributed by atoms with Crippen LogP contribution in [0.25, 0.3) is 0 Å². The van der Waals surface area contributed by atoms with Gasteiger partial charge in [-0.25, -0.2) is 8.42 Å². The molecule has 21 heavy (non-hydrogen) atoms. The van der Waals surface area contributed by atoms with E-state index in [-0.39, 0.29) is 6.29 Å². The Balaban J connectivity index is 1.53. The fourth-order valence-electron chi connectivity index (χ4n) is 2.60. The molecule has 1 aromatic heterocycles. The largest absolute Gasteiger partial charge is 0.345 e. The Morgan fingerprint density at radius 2 is 1.90 bits per heavy atom. The highest BCUT2D eigenvalue weighted by molar-refractivity contribution is 7.88. The molecule has 6 nitrogen and oxygen atoms in total. The van der Waals surface area contributed by atoms with Crippen LogP contribution in [-0.4, -0.2) is 63.3 Å². The summed E-state index contributed by atoms with van der Waals surface area (Å²) in [6.45, 7) is 4.86. The fraction of sp³-hybridized carbons (Fsp3) is 0.692. The minimum atomic E-state index is -3.05. The molecule has 0 aromatic carbocycles. The molecule has 118 valence electrons. The van der Waals surface area contributed by atoms with Crippen LogP contribution in [0.2, 0.25) is 0 Å². The third-order valence-electron chi connectivity index (χ3n) is 3.73. The second kappa shape index (κ2) is 6.31. The summed E-state index contributed by atoms with van der Waals surface area (Å²) in [4.78, 5) is 3.39. The first kappa shape index (κ1) is 15.4. The van der Waals surface area contributed by atoms with Crippen molar-refractivity contribution in [3.05, 3.63) is 21.9 Å². The second-order valence-corrected chi connectivity index (χ2v) is 8.29. The van der Waals surface area contributed by atoms with Crippen molar-refractivity contribution in [1.82, 2.24) is 9.21 Å². The zero-order valence-electron chi connectivity index (χ0n) is 12.0. The Hall–Kier alpha value is -0.510. The van der Waals surface area contributed by atoms with Crippen molar-refractivity contribution in [2.24, 2.45) is 0 Å². The summed E-state index contributed by atoms with van der Waals surface area (Å²) in [6, 6.07) is 2.13. The maximum atomic E-state index is 11.5. The predicted molar refractivity (Wildman–Crippen MR) is 80.7 cm³/mol. The minimum absolute atomic E-state index is 0.203. The van der Waals surface area contributed by atoms with Crippen LogP contribution < -0.4 is 0 Å². The highest BCUT2D eigenvalue weighted by Gasteiger charge is 2.24. The van der Waals surface area contributed by atoms with E-state index in [1.54, 1.807) is 15.6 Å². The fourth-order valence-corrected chi connectivity index (χ4v) is 4.32. The van der Waals surface area contributed by atoms with Crippen LogP contribution in [0.4, 0.5) is 0 Å². The number of hydrogen-bond acceptors (Lipinski definition) is 6. The topological polar surface area (TPSA) is 59.1 Å². The maximum Gasteiger partial charge on any atom is 0.211 e. The third-order valence-corrected chi connectivity index (χ3v) is 6.04. The number of sulfonamides is 1. The summed E-state index contributed by atoms with van der Waals surface area (Å²) < 4.78 is 35.5. The van der Waals surface area contributed by atoms with Crippen LogP contribution in [0.1, 0.15) is 16.7 Å². The average Bonchev–Trinajstić information content (AvgIpc) is 3.08. The van der Waals surface area contributed by atoms with Gasteiger partial charge in [-0.3, -0.25) is 4.90 Å². The van der Waals surface area contributed by atoms with Crippen LogP contribution >= 0.6 is 11.3 Å². The minimum Gasteiger partial charge on any atom is -0.345 e. The highest BCUT2D eigenvalue weighted by Crippen LogP contribution is 2.29. The molecule has 3 rings (SSSR count). The molecule has 0 N–H and O–H groups in total. The van der Waals surface area contributed by atoms with E-state index < -0.39 is 10.0 Å². The molecule has 0 aliphatic carbocycles. The van der Waals surface area contributed by atoms with Gasteiger partial charge in [-0.2, -0.15) is 4.31 Å². The van der Waals surface area contributed by atoms with Crippen LogP contribution in [-0.2, 0) is 26.0 Å². The second-order valence-electron chi connectivity index (χ2n) is 5.37. The molecule has 0 radical (unpaired) electrons. The first-order chi connectivity index (χ1) is 10.0. The lowest BCUT2D eigenvalue weighted by Gasteiger charge is -2.32. The van der Waals surface area contributed by atoms with Gasteiger partial charge in [-0.15, -0.1) is 11.3 Å². The predicted octanol–water partition coefficient (Wildman–Crippen LogP) is 0.871. The molecule has 8 heteroatoms. The van der Waals surface area contributed by atoms with Gasteiger partial charge in [-0.05, 0) is 17.0 Å². The lowest BCUT2D eigenvalue weighted by molar-refractivity contribution is -0.0413. The van der Waals surface area contributed by atoms with Crippen molar-refractivity contribution in [2.45, 2.75) is 12.8 Å². The van der Waals surface area contributed by atoms with Crippen molar-refractivity contribution >= 4 is 21.4 Å². The molecular formula is C13H20N2O4S2. The van der Waals surface area contributed by atoms with Gasteiger partial charge in [0.2, 0.25) is 10.0 Å². The molecule has 2 fully saturated rings. The van der Waals surface area contributed by atoms with Crippen molar-refractivity contribution in [3.8, 4) is 0 Å². The van der Waals surface area contributed by atoms with Gasteiger partial charge in [0.25, 0.3) is 0 Å². The summed E-state index contributed by atoms with van der Waals surface area (Å²) in [7, 11) is -3.05. The van der Waals surface area contributed by atoms with Crippen molar-refractivity contribution in [1.29, 1.82) is 0 Å². The van der Waals surface area contributed by atoms with Gasteiger partial charge >= 0.3 is 0 Å². The summed E-state index contributed by atoms with van der Waals surface area (Å²) in [5, 5.41) is 2.13. The molecule has 2 aliphatic heterocycles. The number of ether oxygens (including phenoxy) is 2. The first-order valence-electron chi connectivity index (χ1n) is 7.00. The number of rotatable bonds is 4. The monoisotopic (exact) mass is 332 g/mol. The quantitative estimate of drug-likeness (QED) is 0.819. The smallest absolute Gasteiger partial charge is 0.211 e. The van der Waals surface area contributed by atoms with E-state index in [1.807, 2.05) is 0 Å². The summed E-state index contributed by atoms with van der Waals surface area (Å²) in [6.07, 6.45) is 1.07. The van der Waals surface area contributed by atoms with Crippen LogP contribution in [0, 0.1) is 0 Å². The molecular weight excluding hydrogens is 312 g/mol. The van der Waals surface area contributed by atoms with E-state index in [1.165, 1.54) is 11.8 Å². The Morgan fingerprint density at radius 1 is 1.24 bits per heavy atom. The zero-order valence-corrected chi connectivity index (χ0v) is 13.7. The van der Waals surface area contributed by atoms with Crippen molar-refractivity contribution < 1.29 is 17.9 Å². The lowest BCUT2D eigenvalue weighted by atomic mass is 10.2. The van der Waals surface area contributed by atoms with Crippen molar-refractivity contribution in [3.63, 3.8) is 0 Å². The van der Waals surface area contributed by atoms with E-state index in [0.29, 0.717) is 26.3 Å². The molecule has 2 aliphatic rings. The van der Waals surface area contributed by atoms with E-state index in [9.17, 15) is 8.42 Å². The van der Waals surface area contributed by atoms with Gasteiger partial charge in [0.05, 0.1) is 24.3 Å². The standard InChI is InChI=1S/C13H20N2O4S2/c1-21(16,17)15-4-2-14(3-5-15)9-11-8-12(20-10-11)13-18-6-7-19-13/h8,10,13H,2-7,9H2,1H3. The van der Waals surface area contributed by atoms with Gasteiger partial charge in [-0.1, -0.05) is 0 Å². The van der Waals surface area contributed by atoms with Crippen molar-refractivity contribution in [2.75, 3.05) is 45.6 Å². The maximum absolute atomic E-state index is 11.5. The normalized spacial score (nSPS) is 22.9. The Morgan fingerprint density at radius 3 is 2.52 bits per heavy atom. The number of nitrogens with zero attached hydrogens (tertiary/aromatic N) is 2. The first-order valence-corrected chi connectivity index (χ1v) is 9.73. The highest BCUT2D eigenvalue weighted by atomic mass is 32.2. The van der Waals surface area contributed by atoms with Gasteiger partial charge in [0.15, 0.2) is 6.29 Å². The summed E-state index contributed by atoms with van der Waals surface area (Å²) >= 11 is 1.66. The Labute approximate surface area is 129 Å². The SMILES string of the molecule is CS(=O)(=O)N1CCN(Cc2csc(C3OCCO3)c2)CC1. The van der Waals surface area contributed by atoms with E-state index in [4.69, 9.17) is 9.47 Å². The number of thiophene rings is 1. The molecule has 0 saturated carbocycles. The molecule has 2 saturated heterocycles. The molecule has 0 bridgehead atoms. The number of piperazine rings is 1. The molecule has 0 atom stereocenters. The summed E-state index contributed by atoms with van der Waals surface area (Å²) in [5.74, 6) is 0. The van der Waals surface area contributed by atoms with Crippen LogP contribution in [0.15, 0.2) is 11.4 Å². The molecule has 0 unspecified atom stereocenters. The van der Waals surface area contributed by atoms with E-state index >= 15 is 0 Å². The Kier molecular flexibility index (Phi) is 4.63. The molecule has 0 spiro atoms. The van der Waals surface area contributed by atoms with Gasteiger partial charge in [0.1, 0.15) is 0 Å². The number of hydrogen-bond donors (Lipinski definition) is 0. The molecule has 3 heterocycles.